The van der Waals surface area contributed by atoms with Crippen LogP contribution in [0.2, 0.25) is 0 Å². The zero-order valence-electron chi connectivity index (χ0n) is 14.3. The van der Waals surface area contributed by atoms with Gasteiger partial charge in [0, 0.05) is 51.6 Å². The van der Waals surface area contributed by atoms with Crippen molar-refractivity contribution in [2.45, 2.75) is 13.3 Å². The zero-order valence-corrected chi connectivity index (χ0v) is 15.2. The number of carbonyl (C=O) groups excluding carboxylic acids is 2. The second-order valence-electron chi connectivity index (χ2n) is 6.23. The molecule has 1 aliphatic rings. The lowest BCUT2D eigenvalue weighted by atomic mass is 10.2. The average molecular weight is 349 g/mol. The fourth-order valence-corrected chi connectivity index (χ4v) is 3.94. The summed E-state index contributed by atoms with van der Waals surface area (Å²) in [5.41, 5.74) is 0.924. The summed E-state index contributed by atoms with van der Waals surface area (Å²) in [4.78, 5) is 30.2. The molecule has 130 valence electrons. The van der Waals surface area contributed by atoms with Gasteiger partial charge in [-0.15, -0.1) is 11.3 Å². The molecule has 0 aliphatic carbocycles. The summed E-state index contributed by atoms with van der Waals surface area (Å²) in [6, 6.07) is 1.87. The van der Waals surface area contributed by atoms with Crippen LogP contribution in [0.25, 0.3) is 10.2 Å². The van der Waals surface area contributed by atoms with Crippen LogP contribution in [-0.4, -0.2) is 71.2 Å². The van der Waals surface area contributed by atoms with Gasteiger partial charge in [-0.05, 0) is 20.0 Å². The van der Waals surface area contributed by atoms with Crippen LogP contribution in [0.3, 0.4) is 0 Å². The summed E-state index contributed by atoms with van der Waals surface area (Å²) in [5.74, 6) is -0.0124. The van der Waals surface area contributed by atoms with E-state index in [4.69, 9.17) is 0 Å². The van der Waals surface area contributed by atoms with Gasteiger partial charge in [0.05, 0.1) is 10.6 Å². The number of aromatic nitrogens is 2. The van der Waals surface area contributed by atoms with Gasteiger partial charge in [-0.2, -0.15) is 5.10 Å². The molecule has 2 aromatic heterocycles. The lowest BCUT2D eigenvalue weighted by Gasteiger charge is -2.32. The summed E-state index contributed by atoms with van der Waals surface area (Å²) in [6.07, 6.45) is 0.348. The van der Waals surface area contributed by atoms with Crippen LogP contribution in [0.5, 0.6) is 0 Å². The van der Waals surface area contributed by atoms with Crippen molar-refractivity contribution in [3.05, 3.63) is 16.6 Å². The van der Waals surface area contributed by atoms with Crippen LogP contribution in [0.15, 0.2) is 6.07 Å². The molecule has 0 atom stereocenters. The number of fused-ring (bicyclic) bond motifs is 1. The number of nitrogens with zero attached hydrogens (tertiary/aromatic N) is 4. The minimum atomic E-state index is -0.123. The lowest BCUT2D eigenvalue weighted by Crippen LogP contribution is -2.47. The third-order valence-electron chi connectivity index (χ3n) is 4.40. The van der Waals surface area contributed by atoms with Crippen molar-refractivity contribution in [1.29, 1.82) is 0 Å². The van der Waals surface area contributed by atoms with E-state index in [1.165, 1.54) is 11.3 Å². The van der Waals surface area contributed by atoms with E-state index in [1.807, 2.05) is 24.9 Å². The fraction of sp³-hybridized carbons (Fsp3) is 0.562. The van der Waals surface area contributed by atoms with Gasteiger partial charge in [0.2, 0.25) is 5.91 Å². The van der Waals surface area contributed by atoms with Gasteiger partial charge >= 0.3 is 0 Å². The summed E-state index contributed by atoms with van der Waals surface area (Å²) in [5, 5.41) is 8.20. The quantitative estimate of drug-likeness (QED) is 0.888. The number of piperazine rings is 1. The molecule has 2 aromatic rings. The van der Waals surface area contributed by atoms with E-state index in [0.29, 0.717) is 17.8 Å². The monoisotopic (exact) mass is 349 g/mol. The first kappa shape index (κ1) is 16.9. The maximum Gasteiger partial charge on any atom is 0.261 e. The maximum atomic E-state index is 12.3. The molecular weight excluding hydrogens is 326 g/mol. The number of hydrogen-bond donors (Lipinski definition) is 1. The molecule has 7 nitrogen and oxygen atoms in total. The third-order valence-corrected chi connectivity index (χ3v) is 5.60. The van der Waals surface area contributed by atoms with Crippen molar-refractivity contribution in [3.63, 3.8) is 0 Å². The highest BCUT2D eigenvalue weighted by Gasteiger charge is 2.19. The van der Waals surface area contributed by atoms with E-state index < -0.39 is 0 Å². The first-order chi connectivity index (χ1) is 11.5. The molecule has 1 N–H and O–H groups in total. The van der Waals surface area contributed by atoms with Gasteiger partial charge < -0.3 is 15.1 Å². The van der Waals surface area contributed by atoms with Crippen LogP contribution < -0.4 is 5.32 Å². The Morgan fingerprint density at radius 3 is 2.62 bits per heavy atom. The van der Waals surface area contributed by atoms with Crippen LogP contribution >= 0.6 is 11.3 Å². The highest BCUT2D eigenvalue weighted by Crippen LogP contribution is 2.27. The second kappa shape index (κ2) is 6.90. The number of carbonyl (C=O) groups is 2. The van der Waals surface area contributed by atoms with E-state index in [2.05, 4.69) is 22.4 Å². The van der Waals surface area contributed by atoms with E-state index in [9.17, 15) is 9.59 Å². The van der Waals surface area contributed by atoms with Crippen LogP contribution in [0.1, 0.15) is 21.8 Å². The number of thiophene rings is 1. The normalized spacial score (nSPS) is 15.9. The van der Waals surface area contributed by atoms with E-state index in [0.717, 1.165) is 42.1 Å². The molecule has 0 bridgehead atoms. The Kier molecular flexibility index (Phi) is 4.86. The van der Waals surface area contributed by atoms with Crippen LogP contribution in [-0.2, 0) is 11.8 Å². The van der Waals surface area contributed by atoms with Gasteiger partial charge in [0.25, 0.3) is 5.91 Å². The summed E-state index contributed by atoms with van der Waals surface area (Å²) in [7, 11) is 3.94. The van der Waals surface area contributed by atoms with Crippen molar-refractivity contribution in [2.24, 2.45) is 7.05 Å². The SMILES string of the molecule is Cc1nn(C)c2sc(C(=O)NCCC(=O)N3CCN(C)CC3)cc12. The Labute approximate surface area is 145 Å². The van der Waals surface area contributed by atoms with Crippen molar-refractivity contribution in [1.82, 2.24) is 24.9 Å². The Hall–Kier alpha value is -1.93. The van der Waals surface area contributed by atoms with Gasteiger partial charge in [0.15, 0.2) is 0 Å². The molecule has 8 heteroatoms. The first-order valence-electron chi connectivity index (χ1n) is 8.13. The largest absolute Gasteiger partial charge is 0.351 e. The Bertz CT molecular complexity index is 723. The molecule has 1 aliphatic heterocycles. The summed E-state index contributed by atoms with van der Waals surface area (Å²) < 4.78 is 1.79. The standard InChI is InChI=1S/C16H23N5O2S/c1-11-12-10-13(24-16(12)20(3)18-11)15(23)17-5-4-14(22)21-8-6-19(2)7-9-21/h10H,4-9H2,1-3H3,(H,17,23). The molecule has 0 unspecified atom stereocenters. The van der Waals surface area contributed by atoms with E-state index >= 15 is 0 Å². The third kappa shape index (κ3) is 3.44. The molecule has 3 rings (SSSR count). The number of likely N-dealkylation sites (N-methyl/N-ethyl adjacent to an activating group) is 1. The van der Waals surface area contributed by atoms with E-state index in [1.54, 1.807) is 4.68 Å². The predicted molar refractivity (Wildman–Crippen MR) is 94.4 cm³/mol. The Morgan fingerprint density at radius 2 is 1.96 bits per heavy atom. The van der Waals surface area contributed by atoms with E-state index in [-0.39, 0.29) is 11.8 Å². The van der Waals surface area contributed by atoms with Crippen molar-refractivity contribution in [3.8, 4) is 0 Å². The summed E-state index contributed by atoms with van der Waals surface area (Å²) in [6.45, 7) is 5.67. The molecule has 1 fully saturated rings. The van der Waals surface area contributed by atoms with Gasteiger partial charge in [-0.1, -0.05) is 0 Å². The highest BCUT2D eigenvalue weighted by molar-refractivity contribution is 7.20. The van der Waals surface area contributed by atoms with Crippen molar-refractivity contribution < 1.29 is 9.59 Å². The number of amides is 2. The van der Waals surface area contributed by atoms with Gasteiger partial charge in [-0.3, -0.25) is 14.3 Å². The average Bonchev–Trinajstić information content (AvgIpc) is 3.10. The summed E-state index contributed by atoms with van der Waals surface area (Å²) >= 11 is 1.43. The molecule has 0 saturated carbocycles. The molecule has 0 radical (unpaired) electrons. The topological polar surface area (TPSA) is 70.5 Å². The molecule has 3 heterocycles. The number of rotatable bonds is 4. The molecule has 0 aromatic carbocycles. The zero-order chi connectivity index (χ0) is 17.3. The van der Waals surface area contributed by atoms with Crippen LogP contribution in [0, 0.1) is 6.92 Å². The fourth-order valence-electron chi connectivity index (χ4n) is 2.90. The Morgan fingerprint density at radius 1 is 1.25 bits per heavy atom. The molecule has 24 heavy (non-hydrogen) atoms. The molecule has 2 amide bonds. The minimum Gasteiger partial charge on any atom is -0.351 e. The molecule has 0 spiro atoms. The van der Waals surface area contributed by atoms with Crippen LogP contribution in [0.4, 0.5) is 0 Å². The van der Waals surface area contributed by atoms with Crippen molar-refractivity contribution >= 4 is 33.4 Å². The number of hydrogen-bond acceptors (Lipinski definition) is 5. The number of nitrogens with one attached hydrogen (secondary N) is 1. The number of aryl methyl sites for hydroxylation is 2. The minimum absolute atomic E-state index is 0.111. The first-order valence-corrected chi connectivity index (χ1v) is 8.95. The van der Waals surface area contributed by atoms with Crippen molar-refractivity contribution in [2.75, 3.05) is 39.8 Å². The smallest absolute Gasteiger partial charge is 0.261 e. The molecule has 1 saturated heterocycles. The second-order valence-corrected chi connectivity index (χ2v) is 7.26. The lowest BCUT2D eigenvalue weighted by molar-refractivity contribution is -0.132. The van der Waals surface area contributed by atoms with Gasteiger partial charge in [-0.25, -0.2) is 0 Å². The molecular formula is C16H23N5O2S. The Balaban J connectivity index is 1.51. The highest BCUT2D eigenvalue weighted by atomic mass is 32.1. The maximum absolute atomic E-state index is 12.3. The predicted octanol–water partition coefficient (Wildman–Crippen LogP) is 0.837. The van der Waals surface area contributed by atoms with Gasteiger partial charge in [0.1, 0.15) is 4.83 Å².